The molecule has 0 bridgehead atoms. The summed E-state index contributed by atoms with van der Waals surface area (Å²) in [7, 11) is -3.89. The summed E-state index contributed by atoms with van der Waals surface area (Å²) in [5, 5.41) is 3.18. The van der Waals surface area contributed by atoms with Crippen LogP contribution < -0.4 is 10.0 Å². The molecule has 38 heavy (non-hydrogen) atoms. The minimum Gasteiger partial charge on any atom is -0.322 e. The number of carbonyl (C=O) groups is 1. The van der Waals surface area contributed by atoms with Gasteiger partial charge in [0, 0.05) is 30.9 Å². The molecule has 0 aliphatic carbocycles. The Morgan fingerprint density at radius 2 is 1.55 bits per heavy atom. The topological polar surface area (TPSA) is 78.5 Å². The van der Waals surface area contributed by atoms with Gasteiger partial charge >= 0.3 is 0 Å². The van der Waals surface area contributed by atoms with Crippen molar-refractivity contribution in [3.63, 3.8) is 0 Å². The maximum Gasteiger partial charge on any atom is 0.261 e. The van der Waals surface area contributed by atoms with E-state index in [-0.39, 0.29) is 26.5 Å². The number of amides is 1. The number of carbonyl (C=O) groups excluding carboxylic acids is 1. The second-order valence-corrected chi connectivity index (χ2v) is 11.6. The first-order valence-electron chi connectivity index (χ1n) is 12.0. The summed E-state index contributed by atoms with van der Waals surface area (Å²) in [5.74, 6) is -0.275. The Labute approximate surface area is 232 Å². The maximum atomic E-state index is 12.8. The van der Waals surface area contributed by atoms with Gasteiger partial charge in [-0.1, -0.05) is 65.7 Å². The van der Waals surface area contributed by atoms with E-state index in [1.807, 2.05) is 12.1 Å². The van der Waals surface area contributed by atoms with Gasteiger partial charge in [-0.15, -0.1) is 0 Å². The summed E-state index contributed by atoms with van der Waals surface area (Å²) in [6.45, 7) is 2.75. The third-order valence-corrected chi connectivity index (χ3v) is 8.65. The molecule has 5 rings (SSSR count). The maximum absolute atomic E-state index is 12.8. The van der Waals surface area contributed by atoms with Crippen molar-refractivity contribution in [1.29, 1.82) is 0 Å². The SMILES string of the molecule is O=C(Nc1ccc(S(=O)(=O)Nc2cccc(Cl)c2Cl)cc1)c1ccc(CN2CCc3ccccc3C2)cc1. The molecule has 4 aromatic carbocycles. The van der Waals surface area contributed by atoms with Crippen LogP contribution in [0, 0.1) is 0 Å². The fourth-order valence-corrected chi connectivity index (χ4v) is 5.89. The summed E-state index contributed by atoms with van der Waals surface area (Å²) in [4.78, 5) is 15.2. The highest BCUT2D eigenvalue weighted by atomic mass is 35.5. The number of benzene rings is 4. The predicted octanol–water partition coefficient (Wildman–Crippen LogP) is 6.60. The van der Waals surface area contributed by atoms with Gasteiger partial charge in [-0.2, -0.15) is 0 Å². The van der Waals surface area contributed by atoms with Gasteiger partial charge in [-0.25, -0.2) is 8.42 Å². The minimum atomic E-state index is -3.89. The molecule has 1 aliphatic heterocycles. The lowest BCUT2D eigenvalue weighted by Crippen LogP contribution is -2.29. The molecule has 0 saturated heterocycles. The third kappa shape index (κ3) is 6.03. The molecule has 2 N–H and O–H groups in total. The van der Waals surface area contributed by atoms with Crippen LogP contribution in [-0.2, 0) is 29.5 Å². The lowest BCUT2D eigenvalue weighted by atomic mass is 9.99. The molecule has 194 valence electrons. The fourth-order valence-electron chi connectivity index (χ4n) is 4.42. The van der Waals surface area contributed by atoms with Crippen molar-refractivity contribution in [2.24, 2.45) is 0 Å². The monoisotopic (exact) mass is 565 g/mol. The van der Waals surface area contributed by atoms with E-state index in [9.17, 15) is 13.2 Å². The third-order valence-electron chi connectivity index (χ3n) is 6.45. The zero-order valence-electron chi connectivity index (χ0n) is 20.3. The first-order valence-corrected chi connectivity index (χ1v) is 14.3. The molecular formula is C29H25Cl2N3O3S. The van der Waals surface area contributed by atoms with Crippen LogP contribution in [0.4, 0.5) is 11.4 Å². The lowest BCUT2D eigenvalue weighted by molar-refractivity contribution is 0.102. The molecule has 1 amide bonds. The Balaban J connectivity index is 1.19. The van der Waals surface area contributed by atoms with Crippen molar-refractivity contribution in [3.8, 4) is 0 Å². The Kier molecular flexibility index (Phi) is 7.72. The highest BCUT2D eigenvalue weighted by molar-refractivity contribution is 7.92. The van der Waals surface area contributed by atoms with E-state index in [0.717, 1.165) is 31.6 Å². The molecule has 0 unspecified atom stereocenters. The number of rotatable bonds is 7. The van der Waals surface area contributed by atoms with Crippen LogP contribution in [0.15, 0.2) is 95.9 Å². The number of hydrogen-bond donors (Lipinski definition) is 2. The van der Waals surface area contributed by atoms with E-state index < -0.39 is 10.0 Å². The van der Waals surface area contributed by atoms with Crippen molar-refractivity contribution < 1.29 is 13.2 Å². The van der Waals surface area contributed by atoms with Crippen LogP contribution in [0.2, 0.25) is 10.0 Å². The van der Waals surface area contributed by atoms with Crippen LogP contribution in [-0.4, -0.2) is 25.8 Å². The summed E-state index contributed by atoms with van der Waals surface area (Å²) in [5.41, 5.74) is 5.12. The standard InChI is InChI=1S/C29H25Cl2N3O3S/c30-26-6-3-7-27(28(26)31)33-38(36,37)25-14-12-24(13-15-25)32-29(35)22-10-8-20(9-11-22)18-34-17-16-21-4-1-2-5-23(21)19-34/h1-15,33H,16-19H2,(H,32,35). The molecule has 4 aromatic rings. The van der Waals surface area contributed by atoms with E-state index in [1.165, 1.54) is 41.5 Å². The van der Waals surface area contributed by atoms with E-state index in [0.29, 0.717) is 11.3 Å². The highest BCUT2D eigenvalue weighted by Crippen LogP contribution is 2.31. The van der Waals surface area contributed by atoms with E-state index in [2.05, 4.69) is 39.2 Å². The minimum absolute atomic E-state index is 0.0243. The average molecular weight is 567 g/mol. The van der Waals surface area contributed by atoms with Gasteiger partial charge in [0.1, 0.15) is 0 Å². The number of halogens is 2. The van der Waals surface area contributed by atoms with Gasteiger partial charge in [0.25, 0.3) is 15.9 Å². The number of nitrogens with one attached hydrogen (secondary N) is 2. The smallest absolute Gasteiger partial charge is 0.261 e. The van der Waals surface area contributed by atoms with Crippen molar-refractivity contribution in [2.75, 3.05) is 16.6 Å². The van der Waals surface area contributed by atoms with Crippen LogP contribution in [0.5, 0.6) is 0 Å². The van der Waals surface area contributed by atoms with Crippen molar-refractivity contribution in [2.45, 2.75) is 24.4 Å². The van der Waals surface area contributed by atoms with Crippen LogP contribution in [0.3, 0.4) is 0 Å². The molecule has 0 saturated carbocycles. The quantitative estimate of drug-likeness (QED) is 0.264. The van der Waals surface area contributed by atoms with Crippen LogP contribution in [0.25, 0.3) is 0 Å². The van der Waals surface area contributed by atoms with Crippen LogP contribution in [0.1, 0.15) is 27.0 Å². The Morgan fingerprint density at radius 1 is 0.842 bits per heavy atom. The molecule has 9 heteroatoms. The summed E-state index contributed by atoms with van der Waals surface area (Å²) in [6.07, 6.45) is 1.04. The van der Waals surface area contributed by atoms with E-state index >= 15 is 0 Å². The van der Waals surface area contributed by atoms with Gasteiger partial charge in [0.05, 0.1) is 20.6 Å². The second-order valence-electron chi connectivity index (χ2n) is 9.11. The molecule has 0 spiro atoms. The summed E-state index contributed by atoms with van der Waals surface area (Å²) < 4.78 is 27.9. The Bertz CT molecular complexity index is 1570. The molecule has 1 aliphatic rings. The zero-order chi connectivity index (χ0) is 26.7. The number of hydrogen-bond acceptors (Lipinski definition) is 4. The van der Waals surface area contributed by atoms with Crippen molar-refractivity contribution in [3.05, 3.63) is 123 Å². The van der Waals surface area contributed by atoms with Gasteiger partial charge in [-0.05, 0) is 71.6 Å². The van der Waals surface area contributed by atoms with E-state index in [1.54, 1.807) is 24.3 Å². The fraction of sp³-hybridized carbons (Fsp3) is 0.138. The Morgan fingerprint density at radius 3 is 2.29 bits per heavy atom. The molecule has 0 fully saturated rings. The second kappa shape index (κ2) is 11.2. The molecule has 6 nitrogen and oxygen atoms in total. The number of nitrogens with zero attached hydrogens (tertiary/aromatic N) is 1. The number of fused-ring (bicyclic) bond motifs is 1. The first kappa shape index (κ1) is 26.3. The normalized spacial score (nSPS) is 13.5. The van der Waals surface area contributed by atoms with Crippen molar-refractivity contribution >= 4 is 50.5 Å². The molecule has 0 atom stereocenters. The summed E-state index contributed by atoms with van der Waals surface area (Å²) in [6, 6.07) is 26.7. The molecular weight excluding hydrogens is 541 g/mol. The molecule has 1 heterocycles. The Hall–Kier alpha value is -3.36. The van der Waals surface area contributed by atoms with Crippen molar-refractivity contribution in [1.82, 2.24) is 4.90 Å². The van der Waals surface area contributed by atoms with E-state index in [4.69, 9.17) is 23.2 Å². The lowest BCUT2D eigenvalue weighted by Gasteiger charge is -2.28. The number of sulfonamides is 1. The largest absolute Gasteiger partial charge is 0.322 e. The summed E-state index contributed by atoms with van der Waals surface area (Å²) >= 11 is 12.1. The first-order chi connectivity index (χ1) is 18.3. The average Bonchev–Trinajstić information content (AvgIpc) is 2.92. The molecule has 0 radical (unpaired) electrons. The van der Waals surface area contributed by atoms with Gasteiger partial charge in [-0.3, -0.25) is 14.4 Å². The predicted molar refractivity (Wildman–Crippen MR) is 152 cm³/mol. The number of anilines is 2. The van der Waals surface area contributed by atoms with Gasteiger partial charge in [0.2, 0.25) is 0 Å². The van der Waals surface area contributed by atoms with Gasteiger partial charge in [0.15, 0.2) is 0 Å². The van der Waals surface area contributed by atoms with Gasteiger partial charge < -0.3 is 5.32 Å². The molecule has 0 aromatic heterocycles. The zero-order valence-corrected chi connectivity index (χ0v) is 22.7. The highest BCUT2D eigenvalue weighted by Gasteiger charge is 2.18. The van der Waals surface area contributed by atoms with Crippen LogP contribution >= 0.6 is 23.2 Å².